The van der Waals surface area contributed by atoms with Gasteiger partial charge in [0.1, 0.15) is 0 Å². The fourth-order valence-electron chi connectivity index (χ4n) is 4.99. The molecule has 0 bridgehead atoms. The van der Waals surface area contributed by atoms with Crippen molar-refractivity contribution in [2.24, 2.45) is 4.99 Å². The monoisotopic (exact) mass is 609 g/mol. The van der Waals surface area contributed by atoms with Gasteiger partial charge in [0, 0.05) is 41.3 Å². The minimum absolute atomic E-state index is 0.0405. The highest BCUT2D eigenvalue weighted by molar-refractivity contribution is 7.92. The molecular weight excluding hydrogens is 574 g/mol. The molecule has 0 radical (unpaired) electrons. The van der Waals surface area contributed by atoms with Crippen molar-refractivity contribution in [2.75, 3.05) is 36.8 Å². The number of aromatic hydroxyl groups is 1. The van der Waals surface area contributed by atoms with E-state index in [1.807, 2.05) is 74.8 Å². The first-order chi connectivity index (χ1) is 21.1. The number of para-hydroxylation sites is 1. The minimum atomic E-state index is -3.91. The van der Waals surface area contributed by atoms with E-state index in [2.05, 4.69) is 14.6 Å². The average Bonchev–Trinajstić information content (AvgIpc) is 3.33. The molecule has 3 N–H and O–H groups in total. The maximum absolute atomic E-state index is 13.3. The molecule has 44 heavy (non-hydrogen) atoms. The zero-order valence-electron chi connectivity index (χ0n) is 24.9. The summed E-state index contributed by atoms with van der Waals surface area (Å²) in [6.07, 6.45) is 0.836. The van der Waals surface area contributed by atoms with Crippen molar-refractivity contribution in [3.8, 4) is 5.88 Å². The maximum atomic E-state index is 13.3. The van der Waals surface area contributed by atoms with Gasteiger partial charge in [-0.25, -0.2) is 13.4 Å². The van der Waals surface area contributed by atoms with Crippen LogP contribution in [0.2, 0.25) is 0 Å². The number of hydrogen-bond donors (Lipinski definition) is 3. The van der Waals surface area contributed by atoms with E-state index in [0.29, 0.717) is 40.1 Å². The number of sulfonamides is 1. The van der Waals surface area contributed by atoms with Gasteiger partial charge in [-0.3, -0.25) is 9.52 Å². The molecular formula is C34H35N5O4S. The Balaban J connectivity index is 1.55. The molecule has 0 aliphatic rings. The summed E-state index contributed by atoms with van der Waals surface area (Å²) < 4.78 is 29.2. The Morgan fingerprint density at radius 3 is 2.18 bits per heavy atom. The van der Waals surface area contributed by atoms with Crippen molar-refractivity contribution in [2.45, 2.75) is 18.2 Å². The number of benzene rings is 4. The third-order valence-corrected chi connectivity index (χ3v) is 8.52. The van der Waals surface area contributed by atoms with Gasteiger partial charge >= 0.3 is 0 Å². The molecule has 0 fully saturated rings. The van der Waals surface area contributed by atoms with Gasteiger partial charge in [-0.05, 0) is 81.7 Å². The van der Waals surface area contributed by atoms with Gasteiger partial charge in [-0.15, -0.1) is 0 Å². The number of anilines is 2. The number of nitrogens with one attached hydrogen (secondary N) is 2. The summed E-state index contributed by atoms with van der Waals surface area (Å²) in [5.74, 6) is -0.172. The molecule has 0 aliphatic heterocycles. The zero-order valence-corrected chi connectivity index (χ0v) is 25.7. The minimum Gasteiger partial charge on any atom is -0.494 e. The largest absolute Gasteiger partial charge is 0.494 e. The Labute approximate surface area is 257 Å². The summed E-state index contributed by atoms with van der Waals surface area (Å²) >= 11 is 0. The van der Waals surface area contributed by atoms with Crippen LogP contribution < -0.4 is 9.62 Å². The SMILES string of the molecule is CC(=O)N(CCCN(C)C)c1ccc(N=C(c2ccccc2)c2c(O)[nH]c3ccc(S(=O)(=O)Nc4ccccc4)cc23)cc1. The summed E-state index contributed by atoms with van der Waals surface area (Å²) in [5, 5.41) is 11.6. The molecule has 1 amide bonds. The van der Waals surface area contributed by atoms with Gasteiger partial charge in [0.25, 0.3) is 10.0 Å². The molecule has 0 aliphatic carbocycles. The molecule has 226 valence electrons. The number of aromatic amines is 1. The second kappa shape index (κ2) is 13.2. The highest BCUT2D eigenvalue weighted by atomic mass is 32.2. The number of fused-ring (bicyclic) bond motifs is 1. The van der Waals surface area contributed by atoms with Crippen LogP contribution in [-0.2, 0) is 14.8 Å². The second-order valence-electron chi connectivity index (χ2n) is 10.7. The van der Waals surface area contributed by atoms with Gasteiger partial charge in [-0.1, -0.05) is 48.5 Å². The Morgan fingerprint density at radius 1 is 0.886 bits per heavy atom. The molecule has 1 aromatic heterocycles. The van der Waals surface area contributed by atoms with Gasteiger partial charge in [-0.2, -0.15) is 0 Å². The Hall–Kier alpha value is -4.93. The number of rotatable bonds is 11. The van der Waals surface area contributed by atoms with Gasteiger partial charge < -0.3 is 19.9 Å². The first-order valence-corrected chi connectivity index (χ1v) is 15.7. The van der Waals surface area contributed by atoms with E-state index in [0.717, 1.165) is 24.2 Å². The lowest BCUT2D eigenvalue weighted by molar-refractivity contribution is -0.116. The molecule has 0 atom stereocenters. The molecule has 0 saturated carbocycles. The number of nitrogens with zero attached hydrogens (tertiary/aromatic N) is 3. The average molecular weight is 610 g/mol. The number of aromatic nitrogens is 1. The molecule has 1 heterocycles. The van der Waals surface area contributed by atoms with E-state index in [4.69, 9.17) is 4.99 Å². The lowest BCUT2D eigenvalue weighted by Gasteiger charge is -2.22. The molecule has 0 spiro atoms. The van der Waals surface area contributed by atoms with E-state index >= 15 is 0 Å². The zero-order chi connectivity index (χ0) is 31.3. The second-order valence-corrected chi connectivity index (χ2v) is 12.4. The predicted octanol–water partition coefficient (Wildman–Crippen LogP) is 6.15. The first kappa shape index (κ1) is 30.5. The highest BCUT2D eigenvalue weighted by Crippen LogP contribution is 2.34. The van der Waals surface area contributed by atoms with Crippen molar-refractivity contribution < 1.29 is 18.3 Å². The first-order valence-electron chi connectivity index (χ1n) is 14.2. The number of hydrogen-bond acceptors (Lipinski definition) is 6. The Morgan fingerprint density at radius 2 is 1.55 bits per heavy atom. The van der Waals surface area contributed by atoms with Gasteiger partial charge in [0.2, 0.25) is 5.91 Å². The van der Waals surface area contributed by atoms with E-state index in [1.165, 1.54) is 12.1 Å². The van der Waals surface area contributed by atoms with Crippen LogP contribution in [0.5, 0.6) is 5.88 Å². The lowest BCUT2D eigenvalue weighted by Crippen LogP contribution is -2.31. The number of carbonyl (C=O) groups excluding carboxylic acids is 1. The molecule has 0 saturated heterocycles. The normalized spacial score (nSPS) is 12.0. The Bertz CT molecular complexity index is 1890. The Kier molecular flexibility index (Phi) is 9.12. The van der Waals surface area contributed by atoms with Crippen LogP contribution in [0.4, 0.5) is 17.1 Å². The number of amides is 1. The summed E-state index contributed by atoms with van der Waals surface area (Å²) in [7, 11) is 0.0907. The van der Waals surface area contributed by atoms with Crippen molar-refractivity contribution in [1.29, 1.82) is 0 Å². The third-order valence-electron chi connectivity index (χ3n) is 7.14. The smallest absolute Gasteiger partial charge is 0.261 e. The lowest BCUT2D eigenvalue weighted by atomic mass is 10.0. The fourth-order valence-corrected chi connectivity index (χ4v) is 6.08. The van der Waals surface area contributed by atoms with E-state index < -0.39 is 10.0 Å². The summed E-state index contributed by atoms with van der Waals surface area (Å²) in [6.45, 7) is 3.02. The molecule has 10 heteroatoms. The molecule has 9 nitrogen and oxygen atoms in total. The molecule has 5 aromatic rings. The number of aliphatic imine (C=N–C) groups is 1. The predicted molar refractivity (Wildman–Crippen MR) is 177 cm³/mol. The number of H-pyrrole nitrogens is 1. The van der Waals surface area contributed by atoms with Crippen LogP contribution in [0, 0.1) is 0 Å². The van der Waals surface area contributed by atoms with E-state index in [9.17, 15) is 18.3 Å². The molecule has 5 rings (SSSR count). The fraction of sp³-hybridized carbons (Fsp3) is 0.176. The molecule has 4 aromatic carbocycles. The van der Waals surface area contributed by atoms with Gasteiger partial charge in [0.05, 0.1) is 21.9 Å². The van der Waals surface area contributed by atoms with Crippen molar-refractivity contribution in [3.05, 3.63) is 114 Å². The molecule has 0 unspecified atom stereocenters. The van der Waals surface area contributed by atoms with Crippen LogP contribution >= 0.6 is 0 Å². The van der Waals surface area contributed by atoms with Crippen LogP contribution in [-0.4, -0.2) is 62.2 Å². The van der Waals surface area contributed by atoms with E-state index in [1.54, 1.807) is 42.2 Å². The number of carbonyl (C=O) groups is 1. The quantitative estimate of drug-likeness (QED) is 0.155. The topological polar surface area (TPSA) is 118 Å². The van der Waals surface area contributed by atoms with Crippen LogP contribution in [0.15, 0.2) is 113 Å². The van der Waals surface area contributed by atoms with Crippen molar-refractivity contribution in [1.82, 2.24) is 9.88 Å². The van der Waals surface area contributed by atoms with Crippen LogP contribution in [0.3, 0.4) is 0 Å². The van der Waals surface area contributed by atoms with Gasteiger partial charge in [0.15, 0.2) is 5.88 Å². The highest BCUT2D eigenvalue weighted by Gasteiger charge is 2.22. The van der Waals surface area contributed by atoms with Crippen molar-refractivity contribution in [3.63, 3.8) is 0 Å². The summed E-state index contributed by atoms with van der Waals surface area (Å²) in [6, 6.07) is 30.1. The third kappa shape index (κ3) is 6.99. The summed E-state index contributed by atoms with van der Waals surface area (Å²) in [5.41, 5.74) is 3.95. The maximum Gasteiger partial charge on any atom is 0.261 e. The van der Waals surface area contributed by atoms with E-state index in [-0.39, 0.29) is 16.7 Å². The van der Waals surface area contributed by atoms with Crippen molar-refractivity contribution >= 4 is 49.6 Å². The van der Waals surface area contributed by atoms with Crippen LogP contribution in [0.1, 0.15) is 24.5 Å². The van der Waals surface area contributed by atoms with Crippen LogP contribution in [0.25, 0.3) is 10.9 Å². The summed E-state index contributed by atoms with van der Waals surface area (Å²) in [4.78, 5) is 24.2. The standard InChI is InChI=1S/C34H35N5O4S/c1-24(40)39(22-10-21-38(2)3)28-17-15-26(16-18-28)35-33(25-11-6-4-7-12-25)32-30-23-29(19-20-31(30)36-34(32)41)44(42,43)37-27-13-8-5-9-14-27/h4-9,11-20,23,36-37,41H,10,21-22H2,1-3H3.